The zero-order valence-electron chi connectivity index (χ0n) is 12.4. The van der Waals surface area contributed by atoms with E-state index < -0.39 is 5.54 Å². The van der Waals surface area contributed by atoms with Gasteiger partial charge >= 0.3 is 0 Å². The summed E-state index contributed by atoms with van der Waals surface area (Å²) in [6.45, 7) is 10.4. The number of rotatable bonds is 11. The minimum atomic E-state index is -0.649. The third-order valence-electron chi connectivity index (χ3n) is 3.24. The third-order valence-corrected chi connectivity index (χ3v) is 3.24. The van der Waals surface area contributed by atoms with Gasteiger partial charge in [-0.15, -0.1) is 0 Å². The van der Waals surface area contributed by atoms with E-state index in [1.54, 1.807) is 0 Å². The summed E-state index contributed by atoms with van der Waals surface area (Å²) >= 11 is 0. The lowest BCUT2D eigenvalue weighted by molar-refractivity contribution is -0.124. The Hall–Kier alpha value is -0.610. The standard InChI is InChI=1S/C14H30N2O2/c1-5-7-12(3)11-18-10-8-14(4,13(15)17)16-9-6-2/h12,16H,5-11H2,1-4H3,(H2,15,17). The molecular weight excluding hydrogens is 228 g/mol. The molecule has 0 aromatic carbocycles. The molecule has 0 radical (unpaired) electrons. The number of hydrogen-bond donors (Lipinski definition) is 2. The van der Waals surface area contributed by atoms with Gasteiger partial charge in [-0.1, -0.05) is 27.2 Å². The molecule has 0 aromatic heterocycles. The van der Waals surface area contributed by atoms with Gasteiger partial charge in [0.25, 0.3) is 0 Å². The van der Waals surface area contributed by atoms with Crippen LogP contribution in [0.4, 0.5) is 0 Å². The Morgan fingerprint density at radius 2 is 2.06 bits per heavy atom. The highest BCUT2D eigenvalue weighted by Gasteiger charge is 2.29. The highest BCUT2D eigenvalue weighted by atomic mass is 16.5. The van der Waals surface area contributed by atoms with Crippen molar-refractivity contribution in [2.75, 3.05) is 19.8 Å². The maximum Gasteiger partial charge on any atom is 0.237 e. The Labute approximate surface area is 112 Å². The molecule has 0 aliphatic heterocycles. The Balaban J connectivity index is 3.94. The van der Waals surface area contributed by atoms with Crippen molar-refractivity contribution in [2.45, 2.75) is 58.9 Å². The lowest BCUT2D eigenvalue weighted by Crippen LogP contribution is -2.54. The van der Waals surface area contributed by atoms with Crippen molar-refractivity contribution >= 4 is 5.91 Å². The molecule has 1 amide bonds. The lowest BCUT2D eigenvalue weighted by atomic mass is 9.97. The molecule has 0 heterocycles. The fourth-order valence-electron chi connectivity index (χ4n) is 1.84. The second kappa shape index (κ2) is 9.34. The lowest BCUT2D eigenvalue weighted by Gasteiger charge is -2.27. The van der Waals surface area contributed by atoms with Crippen LogP contribution >= 0.6 is 0 Å². The molecule has 0 rings (SSSR count). The average molecular weight is 258 g/mol. The predicted molar refractivity (Wildman–Crippen MR) is 75.4 cm³/mol. The van der Waals surface area contributed by atoms with Crippen molar-refractivity contribution < 1.29 is 9.53 Å². The van der Waals surface area contributed by atoms with Crippen LogP contribution in [0.3, 0.4) is 0 Å². The van der Waals surface area contributed by atoms with Crippen LogP contribution in [-0.4, -0.2) is 31.2 Å². The summed E-state index contributed by atoms with van der Waals surface area (Å²) < 4.78 is 5.63. The Kier molecular flexibility index (Phi) is 9.02. The van der Waals surface area contributed by atoms with Crippen LogP contribution in [0.2, 0.25) is 0 Å². The molecule has 3 N–H and O–H groups in total. The van der Waals surface area contributed by atoms with Crippen molar-refractivity contribution in [3.63, 3.8) is 0 Å². The summed E-state index contributed by atoms with van der Waals surface area (Å²) in [6.07, 6.45) is 3.97. The molecule has 0 aliphatic carbocycles. The van der Waals surface area contributed by atoms with Gasteiger partial charge in [-0.2, -0.15) is 0 Å². The number of nitrogens with two attached hydrogens (primary N) is 1. The van der Waals surface area contributed by atoms with E-state index >= 15 is 0 Å². The molecule has 0 saturated carbocycles. The molecule has 2 unspecified atom stereocenters. The van der Waals surface area contributed by atoms with Gasteiger partial charge in [0.15, 0.2) is 0 Å². The second-order valence-corrected chi connectivity index (χ2v) is 5.34. The minimum absolute atomic E-state index is 0.304. The highest BCUT2D eigenvalue weighted by Crippen LogP contribution is 2.11. The number of hydrogen-bond acceptors (Lipinski definition) is 3. The first-order valence-corrected chi connectivity index (χ1v) is 7.09. The fraction of sp³-hybridized carbons (Fsp3) is 0.929. The van der Waals surface area contributed by atoms with Crippen LogP contribution in [0.25, 0.3) is 0 Å². The maximum absolute atomic E-state index is 11.5. The maximum atomic E-state index is 11.5. The summed E-state index contributed by atoms with van der Waals surface area (Å²) in [5.74, 6) is 0.277. The first-order valence-electron chi connectivity index (χ1n) is 7.09. The number of primary amides is 1. The minimum Gasteiger partial charge on any atom is -0.381 e. The van der Waals surface area contributed by atoms with Gasteiger partial charge in [-0.05, 0) is 38.6 Å². The molecule has 0 aliphatic rings. The zero-order valence-corrected chi connectivity index (χ0v) is 12.4. The van der Waals surface area contributed by atoms with Gasteiger partial charge in [0.05, 0.1) is 5.54 Å². The van der Waals surface area contributed by atoms with Crippen molar-refractivity contribution in [2.24, 2.45) is 11.7 Å². The summed E-state index contributed by atoms with van der Waals surface area (Å²) in [4.78, 5) is 11.5. The number of amides is 1. The molecule has 0 spiro atoms. The van der Waals surface area contributed by atoms with E-state index in [2.05, 4.69) is 26.1 Å². The molecule has 18 heavy (non-hydrogen) atoms. The van der Waals surface area contributed by atoms with E-state index in [9.17, 15) is 4.79 Å². The number of nitrogens with one attached hydrogen (secondary N) is 1. The molecule has 0 saturated heterocycles. The summed E-state index contributed by atoms with van der Waals surface area (Å²) in [7, 11) is 0. The van der Waals surface area contributed by atoms with Crippen molar-refractivity contribution in [3.8, 4) is 0 Å². The normalized spacial score (nSPS) is 16.2. The average Bonchev–Trinajstić information content (AvgIpc) is 2.32. The van der Waals surface area contributed by atoms with Gasteiger partial charge in [0.1, 0.15) is 0 Å². The zero-order chi connectivity index (χ0) is 14.0. The first-order chi connectivity index (χ1) is 8.46. The van der Waals surface area contributed by atoms with E-state index in [0.717, 1.165) is 19.6 Å². The SMILES string of the molecule is CCCNC(C)(CCOCC(C)CCC)C(N)=O. The first kappa shape index (κ1) is 17.4. The number of carbonyl (C=O) groups excluding carboxylic acids is 1. The molecule has 0 aromatic rings. The van der Waals surface area contributed by atoms with Crippen LogP contribution in [0.15, 0.2) is 0 Å². The molecule has 2 atom stereocenters. The fourth-order valence-corrected chi connectivity index (χ4v) is 1.84. The van der Waals surface area contributed by atoms with Crippen LogP contribution in [0, 0.1) is 5.92 Å². The molecule has 108 valence electrons. The highest BCUT2D eigenvalue weighted by molar-refractivity contribution is 5.84. The predicted octanol–water partition coefficient (Wildman–Crippen LogP) is 2.07. The van der Waals surface area contributed by atoms with Gasteiger partial charge in [-0.3, -0.25) is 4.79 Å². The molecule has 4 heteroatoms. The van der Waals surface area contributed by atoms with Gasteiger partial charge in [0, 0.05) is 13.2 Å². The Bertz CT molecular complexity index is 234. The molecule has 0 bridgehead atoms. The Morgan fingerprint density at radius 1 is 1.39 bits per heavy atom. The van der Waals surface area contributed by atoms with Crippen LogP contribution in [0.1, 0.15) is 53.4 Å². The van der Waals surface area contributed by atoms with E-state index in [1.807, 2.05) is 6.92 Å². The topological polar surface area (TPSA) is 64.3 Å². The van der Waals surface area contributed by atoms with Crippen molar-refractivity contribution in [1.29, 1.82) is 0 Å². The van der Waals surface area contributed by atoms with Gasteiger partial charge in [0.2, 0.25) is 5.91 Å². The summed E-state index contributed by atoms with van der Waals surface area (Å²) in [5.41, 5.74) is 4.80. The quantitative estimate of drug-likeness (QED) is 0.558. The van der Waals surface area contributed by atoms with Crippen molar-refractivity contribution in [3.05, 3.63) is 0 Å². The second-order valence-electron chi connectivity index (χ2n) is 5.34. The summed E-state index contributed by atoms with van der Waals surface area (Å²) in [6, 6.07) is 0. The molecule has 0 fully saturated rings. The van der Waals surface area contributed by atoms with Gasteiger partial charge in [-0.25, -0.2) is 0 Å². The summed E-state index contributed by atoms with van der Waals surface area (Å²) in [5, 5.41) is 3.20. The monoisotopic (exact) mass is 258 g/mol. The third kappa shape index (κ3) is 6.97. The van der Waals surface area contributed by atoms with E-state index in [-0.39, 0.29) is 5.91 Å². The smallest absolute Gasteiger partial charge is 0.237 e. The van der Waals surface area contributed by atoms with E-state index in [4.69, 9.17) is 10.5 Å². The molecule has 4 nitrogen and oxygen atoms in total. The van der Waals surface area contributed by atoms with Crippen LogP contribution in [0.5, 0.6) is 0 Å². The number of carbonyl (C=O) groups is 1. The Morgan fingerprint density at radius 3 is 2.56 bits per heavy atom. The van der Waals surface area contributed by atoms with E-state index in [1.165, 1.54) is 12.8 Å². The largest absolute Gasteiger partial charge is 0.381 e. The number of ether oxygens (including phenoxy) is 1. The van der Waals surface area contributed by atoms with Gasteiger partial charge < -0.3 is 15.8 Å². The van der Waals surface area contributed by atoms with Crippen LogP contribution < -0.4 is 11.1 Å². The van der Waals surface area contributed by atoms with Crippen LogP contribution in [-0.2, 0) is 9.53 Å². The van der Waals surface area contributed by atoms with Crippen molar-refractivity contribution in [1.82, 2.24) is 5.32 Å². The van der Waals surface area contributed by atoms with E-state index in [0.29, 0.717) is 18.9 Å². The molecular formula is C14H30N2O2.